The Morgan fingerprint density at radius 1 is 1.32 bits per heavy atom. The summed E-state index contributed by atoms with van der Waals surface area (Å²) in [6, 6.07) is 2.96. The van der Waals surface area contributed by atoms with Crippen LogP contribution in [0.15, 0.2) is 23.1 Å². The van der Waals surface area contributed by atoms with Crippen LogP contribution in [0.1, 0.15) is 26.7 Å². The molecule has 0 amide bonds. The van der Waals surface area contributed by atoms with E-state index in [0.29, 0.717) is 13.0 Å². The van der Waals surface area contributed by atoms with Gasteiger partial charge in [-0.3, -0.25) is 4.79 Å². The lowest BCUT2D eigenvalue weighted by Crippen LogP contribution is -2.41. The lowest BCUT2D eigenvalue weighted by atomic mass is 10.1. The molecule has 2 N–H and O–H groups in total. The van der Waals surface area contributed by atoms with Crippen LogP contribution in [0.2, 0.25) is 5.02 Å². The predicted octanol–water partition coefficient (Wildman–Crippen LogP) is 2.53. The van der Waals surface area contributed by atoms with E-state index >= 15 is 0 Å². The minimum Gasteiger partial charge on any atom is -0.492 e. The van der Waals surface area contributed by atoms with E-state index in [0.717, 1.165) is 0 Å². The Kier molecular flexibility index (Phi) is 8.64. The summed E-state index contributed by atoms with van der Waals surface area (Å²) >= 11 is 5.91. The number of benzene rings is 1. The van der Waals surface area contributed by atoms with Gasteiger partial charge < -0.3 is 14.6 Å². The number of hydrogen-bond acceptors (Lipinski definition) is 5. The highest BCUT2D eigenvalue weighted by Gasteiger charge is 2.28. The number of carboxylic acids is 1. The van der Waals surface area contributed by atoms with Crippen molar-refractivity contribution in [2.45, 2.75) is 37.6 Å². The molecule has 25 heavy (non-hydrogen) atoms. The van der Waals surface area contributed by atoms with Gasteiger partial charge in [-0.25, -0.2) is 8.42 Å². The Morgan fingerprint density at radius 3 is 2.56 bits per heavy atom. The first-order valence-electron chi connectivity index (χ1n) is 7.83. The number of ether oxygens (including phenoxy) is 2. The second kappa shape index (κ2) is 9.96. The third-order valence-electron chi connectivity index (χ3n) is 3.25. The van der Waals surface area contributed by atoms with Gasteiger partial charge in [-0.1, -0.05) is 25.4 Å². The summed E-state index contributed by atoms with van der Waals surface area (Å²) in [5.74, 6) is -1.11. The molecule has 7 nitrogen and oxygen atoms in total. The van der Waals surface area contributed by atoms with E-state index in [1.54, 1.807) is 7.11 Å². The third kappa shape index (κ3) is 7.19. The highest BCUT2D eigenvalue weighted by atomic mass is 35.5. The number of hydrogen-bond donors (Lipinski definition) is 2. The predicted molar refractivity (Wildman–Crippen MR) is 94.6 cm³/mol. The van der Waals surface area contributed by atoms with Crippen LogP contribution in [0.3, 0.4) is 0 Å². The number of sulfonamides is 1. The molecule has 0 saturated carbocycles. The lowest BCUT2D eigenvalue weighted by Gasteiger charge is -2.18. The van der Waals surface area contributed by atoms with Gasteiger partial charge in [-0.2, -0.15) is 4.72 Å². The molecule has 0 saturated heterocycles. The van der Waals surface area contributed by atoms with Crippen LogP contribution in [0.5, 0.6) is 5.75 Å². The fourth-order valence-electron chi connectivity index (χ4n) is 2.12. The first-order chi connectivity index (χ1) is 11.7. The van der Waals surface area contributed by atoms with Crippen molar-refractivity contribution in [1.82, 2.24) is 4.72 Å². The smallest absolute Gasteiger partial charge is 0.321 e. The zero-order chi connectivity index (χ0) is 19.0. The van der Waals surface area contributed by atoms with Crippen LogP contribution >= 0.6 is 11.6 Å². The molecule has 1 rings (SSSR count). The summed E-state index contributed by atoms with van der Waals surface area (Å²) in [6.45, 7) is 4.36. The van der Waals surface area contributed by atoms with E-state index in [1.165, 1.54) is 18.2 Å². The number of carbonyl (C=O) groups is 1. The van der Waals surface area contributed by atoms with E-state index in [9.17, 15) is 18.3 Å². The third-order valence-corrected chi connectivity index (χ3v) is 4.98. The maximum Gasteiger partial charge on any atom is 0.321 e. The van der Waals surface area contributed by atoms with Gasteiger partial charge in [0.25, 0.3) is 0 Å². The Morgan fingerprint density at radius 2 is 2.00 bits per heavy atom. The normalized spacial score (nSPS) is 13.0. The number of halogens is 1. The molecule has 0 aromatic heterocycles. The summed E-state index contributed by atoms with van der Waals surface area (Å²) in [5, 5.41) is 9.47. The van der Waals surface area contributed by atoms with Gasteiger partial charge in [-0.05, 0) is 30.5 Å². The molecular formula is C16H24ClNO6S. The number of nitrogens with one attached hydrogen (secondary N) is 1. The highest BCUT2D eigenvalue weighted by Crippen LogP contribution is 2.28. The molecule has 1 aromatic rings. The van der Waals surface area contributed by atoms with Crippen molar-refractivity contribution in [2.24, 2.45) is 5.92 Å². The molecular weight excluding hydrogens is 370 g/mol. The zero-order valence-electron chi connectivity index (χ0n) is 14.5. The molecule has 0 aliphatic carbocycles. The summed E-state index contributed by atoms with van der Waals surface area (Å²) in [7, 11) is -2.56. The van der Waals surface area contributed by atoms with Crippen molar-refractivity contribution >= 4 is 27.6 Å². The minimum absolute atomic E-state index is 0.00734. The SMILES string of the molecule is COCCCOc1ccc(Cl)cc1S(=O)(=O)NC(CC(C)C)C(=O)O. The quantitative estimate of drug-likeness (QED) is 0.560. The van der Waals surface area contributed by atoms with Crippen LogP contribution in [-0.2, 0) is 19.6 Å². The van der Waals surface area contributed by atoms with Crippen LogP contribution < -0.4 is 9.46 Å². The zero-order valence-corrected chi connectivity index (χ0v) is 16.1. The van der Waals surface area contributed by atoms with Crippen molar-refractivity contribution < 1.29 is 27.8 Å². The molecule has 9 heteroatoms. The first-order valence-corrected chi connectivity index (χ1v) is 9.70. The number of carboxylic acid groups (broad SMARTS) is 1. The standard InChI is InChI=1S/C16H24ClNO6S/c1-11(2)9-13(16(19)20)18-25(21,22)15-10-12(17)5-6-14(15)24-8-4-7-23-3/h5-6,10-11,13,18H,4,7-9H2,1-3H3,(H,19,20). The lowest BCUT2D eigenvalue weighted by molar-refractivity contribution is -0.139. The van der Waals surface area contributed by atoms with Crippen molar-refractivity contribution in [2.75, 3.05) is 20.3 Å². The topological polar surface area (TPSA) is 102 Å². The van der Waals surface area contributed by atoms with Gasteiger partial charge in [0.2, 0.25) is 10.0 Å². The summed E-state index contributed by atoms with van der Waals surface area (Å²) < 4.78 is 37.9. The van der Waals surface area contributed by atoms with Crippen LogP contribution in [0.25, 0.3) is 0 Å². The summed E-state index contributed by atoms with van der Waals surface area (Å²) in [4.78, 5) is 11.2. The number of aliphatic carboxylic acids is 1. The molecule has 0 aliphatic heterocycles. The van der Waals surface area contributed by atoms with Gasteiger partial charge in [-0.15, -0.1) is 0 Å². The summed E-state index contributed by atoms with van der Waals surface area (Å²) in [6.07, 6.45) is 0.746. The first kappa shape index (κ1) is 21.7. The highest BCUT2D eigenvalue weighted by molar-refractivity contribution is 7.89. The van der Waals surface area contributed by atoms with E-state index < -0.39 is 22.0 Å². The molecule has 0 bridgehead atoms. The molecule has 0 radical (unpaired) electrons. The largest absolute Gasteiger partial charge is 0.492 e. The number of rotatable bonds is 11. The van der Waals surface area contributed by atoms with Gasteiger partial charge >= 0.3 is 5.97 Å². The maximum atomic E-state index is 12.7. The maximum absolute atomic E-state index is 12.7. The average Bonchev–Trinajstić information content (AvgIpc) is 2.51. The van der Waals surface area contributed by atoms with Gasteiger partial charge in [0.1, 0.15) is 16.7 Å². The average molecular weight is 394 g/mol. The van der Waals surface area contributed by atoms with E-state index in [1.807, 2.05) is 13.8 Å². The van der Waals surface area contributed by atoms with Gasteiger partial charge in [0.15, 0.2) is 0 Å². The fraction of sp³-hybridized carbons (Fsp3) is 0.562. The second-order valence-corrected chi connectivity index (χ2v) is 8.05. The second-order valence-electron chi connectivity index (χ2n) is 5.93. The molecule has 1 aromatic carbocycles. The molecule has 0 aliphatic rings. The van der Waals surface area contributed by atoms with Gasteiger partial charge in [0.05, 0.1) is 6.61 Å². The molecule has 0 fully saturated rings. The van der Waals surface area contributed by atoms with Crippen molar-refractivity contribution in [3.63, 3.8) is 0 Å². The number of methoxy groups -OCH3 is 1. The van der Waals surface area contributed by atoms with Crippen molar-refractivity contribution in [3.05, 3.63) is 23.2 Å². The Balaban J connectivity index is 3.05. The van der Waals surface area contributed by atoms with E-state index in [2.05, 4.69) is 4.72 Å². The van der Waals surface area contributed by atoms with Gasteiger partial charge in [0, 0.05) is 25.2 Å². The van der Waals surface area contributed by atoms with Crippen LogP contribution in [0, 0.1) is 5.92 Å². The molecule has 1 unspecified atom stereocenters. The van der Waals surface area contributed by atoms with Crippen LogP contribution in [0.4, 0.5) is 0 Å². The minimum atomic E-state index is -4.12. The van der Waals surface area contributed by atoms with Crippen molar-refractivity contribution in [1.29, 1.82) is 0 Å². The Hall–Kier alpha value is -1.35. The fourth-order valence-corrected chi connectivity index (χ4v) is 3.73. The van der Waals surface area contributed by atoms with E-state index in [4.69, 9.17) is 21.1 Å². The Bertz CT molecular complexity index is 677. The molecule has 1 atom stereocenters. The van der Waals surface area contributed by atoms with Crippen molar-refractivity contribution in [3.8, 4) is 5.75 Å². The Labute approximate surface area is 153 Å². The molecule has 142 valence electrons. The summed E-state index contributed by atoms with van der Waals surface area (Å²) in [5.41, 5.74) is 0. The molecule has 0 spiro atoms. The molecule has 0 heterocycles. The van der Waals surface area contributed by atoms with E-state index in [-0.39, 0.29) is 34.6 Å². The van der Waals surface area contributed by atoms with Crippen LogP contribution in [-0.4, -0.2) is 45.9 Å². The monoisotopic (exact) mass is 393 g/mol.